The lowest BCUT2D eigenvalue weighted by Crippen LogP contribution is -1.97. The van der Waals surface area contributed by atoms with Crippen molar-refractivity contribution in [3.63, 3.8) is 0 Å². The van der Waals surface area contributed by atoms with Crippen molar-refractivity contribution >= 4 is 12.0 Å². The summed E-state index contributed by atoms with van der Waals surface area (Å²) in [5.74, 6) is 2.19. The number of aryl methyl sites for hydroxylation is 1. The van der Waals surface area contributed by atoms with E-state index in [2.05, 4.69) is 5.92 Å². The Labute approximate surface area is 101 Å². The predicted octanol–water partition coefficient (Wildman–Crippen LogP) is 2.36. The van der Waals surface area contributed by atoms with Crippen molar-refractivity contribution in [2.24, 2.45) is 0 Å². The van der Waals surface area contributed by atoms with Gasteiger partial charge >= 0.3 is 5.97 Å². The standard InChI is InChI=1S/C14H14O3/c1-3-9-17-13-7-5-11(6-8-14(15)16)10-12(13)4-2/h1,5-8,10H,4,9H2,2H3,(H,15,16)/b8-6+. The summed E-state index contributed by atoms with van der Waals surface area (Å²) in [6.07, 6.45) is 8.58. The minimum atomic E-state index is -0.962. The highest BCUT2D eigenvalue weighted by Gasteiger charge is 2.02. The molecule has 1 rings (SSSR count). The van der Waals surface area contributed by atoms with Crippen LogP contribution >= 0.6 is 0 Å². The molecular formula is C14H14O3. The molecular weight excluding hydrogens is 216 g/mol. The third-order valence-corrected chi connectivity index (χ3v) is 2.19. The fourth-order valence-electron chi connectivity index (χ4n) is 1.41. The quantitative estimate of drug-likeness (QED) is 0.624. The molecule has 1 aromatic rings. The fraction of sp³-hybridized carbons (Fsp3) is 0.214. The smallest absolute Gasteiger partial charge is 0.328 e. The number of aliphatic carboxylic acids is 1. The first-order valence-corrected chi connectivity index (χ1v) is 5.27. The van der Waals surface area contributed by atoms with Crippen LogP contribution in [0.5, 0.6) is 5.75 Å². The van der Waals surface area contributed by atoms with E-state index in [4.69, 9.17) is 16.3 Å². The van der Waals surface area contributed by atoms with E-state index in [0.29, 0.717) is 0 Å². The van der Waals surface area contributed by atoms with Gasteiger partial charge in [0.25, 0.3) is 0 Å². The van der Waals surface area contributed by atoms with E-state index in [0.717, 1.165) is 29.4 Å². The summed E-state index contributed by atoms with van der Waals surface area (Å²) in [5.41, 5.74) is 1.84. The molecule has 1 aromatic carbocycles. The Morgan fingerprint density at radius 1 is 1.59 bits per heavy atom. The molecule has 0 amide bonds. The highest BCUT2D eigenvalue weighted by atomic mass is 16.5. The predicted molar refractivity (Wildman–Crippen MR) is 66.8 cm³/mol. The van der Waals surface area contributed by atoms with Crippen LogP contribution in [0, 0.1) is 12.3 Å². The third kappa shape index (κ3) is 4.04. The summed E-state index contributed by atoms with van der Waals surface area (Å²) >= 11 is 0. The molecule has 3 heteroatoms. The second kappa shape index (κ2) is 6.39. The van der Waals surface area contributed by atoms with Crippen LogP contribution in [-0.2, 0) is 11.2 Å². The zero-order valence-electron chi connectivity index (χ0n) is 9.64. The van der Waals surface area contributed by atoms with Gasteiger partial charge in [-0.15, -0.1) is 6.42 Å². The van der Waals surface area contributed by atoms with Gasteiger partial charge in [0.15, 0.2) is 0 Å². The van der Waals surface area contributed by atoms with Crippen LogP contribution in [0.1, 0.15) is 18.1 Å². The van der Waals surface area contributed by atoms with Crippen molar-refractivity contribution in [2.75, 3.05) is 6.61 Å². The van der Waals surface area contributed by atoms with Crippen LogP contribution in [0.4, 0.5) is 0 Å². The topological polar surface area (TPSA) is 46.5 Å². The summed E-state index contributed by atoms with van der Waals surface area (Å²) in [4.78, 5) is 10.4. The lowest BCUT2D eigenvalue weighted by molar-refractivity contribution is -0.131. The van der Waals surface area contributed by atoms with Gasteiger partial charge in [-0.3, -0.25) is 0 Å². The van der Waals surface area contributed by atoms with E-state index in [1.54, 1.807) is 18.2 Å². The Hall–Kier alpha value is -2.21. The van der Waals surface area contributed by atoms with E-state index in [-0.39, 0.29) is 6.61 Å². The number of carbonyl (C=O) groups is 1. The number of hydrogen-bond donors (Lipinski definition) is 1. The van der Waals surface area contributed by atoms with Crippen molar-refractivity contribution in [1.82, 2.24) is 0 Å². The average Bonchev–Trinajstić information content (AvgIpc) is 2.34. The van der Waals surface area contributed by atoms with E-state index < -0.39 is 5.97 Å². The third-order valence-electron chi connectivity index (χ3n) is 2.19. The van der Waals surface area contributed by atoms with E-state index in [1.807, 2.05) is 13.0 Å². The average molecular weight is 230 g/mol. The van der Waals surface area contributed by atoms with E-state index in [1.165, 1.54) is 0 Å². The highest BCUT2D eigenvalue weighted by Crippen LogP contribution is 2.21. The van der Waals surface area contributed by atoms with Crippen LogP contribution < -0.4 is 4.74 Å². The molecule has 0 spiro atoms. The summed E-state index contributed by atoms with van der Waals surface area (Å²) in [5, 5.41) is 8.54. The van der Waals surface area contributed by atoms with Crippen LogP contribution in [0.15, 0.2) is 24.3 Å². The zero-order chi connectivity index (χ0) is 12.7. The van der Waals surface area contributed by atoms with Crippen molar-refractivity contribution in [1.29, 1.82) is 0 Å². The molecule has 0 saturated heterocycles. The van der Waals surface area contributed by atoms with Gasteiger partial charge in [-0.25, -0.2) is 4.79 Å². The molecule has 0 bridgehead atoms. The van der Waals surface area contributed by atoms with Gasteiger partial charge in [-0.2, -0.15) is 0 Å². The maximum Gasteiger partial charge on any atom is 0.328 e. The van der Waals surface area contributed by atoms with Crippen molar-refractivity contribution < 1.29 is 14.6 Å². The van der Waals surface area contributed by atoms with E-state index in [9.17, 15) is 4.79 Å². The molecule has 0 aliphatic heterocycles. The van der Waals surface area contributed by atoms with Gasteiger partial charge in [0.2, 0.25) is 0 Å². The second-order valence-electron chi connectivity index (χ2n) is 3.39. The fourth-order valence-corrected chi connectivity index (χ4v) is 1.41. The molecule has 0 heterocycles. The number of carboxylic acids is 1. The van der Waals surface area contributed by atoms with Gasteiger partial charge in [0.1, 0.15) is 12.4 Å². The zero-order valence-corrected chi connectivity index (χ0v) is 9.64. The van der Waals surface area contributed by atoms with Crippen molar-refractivity contribution in [3.05, 3.63) is 35.4 Å². The molecule has 0 unspecified atom stereocenters. The van der Waals surface area contributed by atoms with Gasteiger partial charge in [0, 0.05) is 6.08 Å². The monoisotopic (exact) mass is 230 g/mol. The molecule has 0 saturated carbocycles. The number of rotatable bonds is 5. The Balaban J connectivity index is 2.92. The highest BCUT2D eigenvalue weighted by molar-refractivity contribution is 5.85. The normalized spacial score (nSPS) is 10.1. The minimum Gasteiger partial charge on any atom is -0.481 e. The molecule has 3 nitrogen and oxygen atoms in total. The summed E-state index contributed by atoms with van der Waals surface area (Å²) in [6.45, 7) is 2.24. The largest absolute Gasteiger partial charge is 0.481 e. The van der Waals surface area contributed by atoms with E-state index >= 15 is 0 Å². The molecule has 88 valence electrons. The lowest BCUT2D eigenvalue weighted by atomic mass is 10.1. The summed E-state index contributed by atoms with van der Waals surface area (Å²) < 4.78 is 5.38. The molecule has 0 fully saturated rings. The second-order valence-corrected chi connectivity index (χ2v) is 3.39. The number of terminal acetylenes is 1. The van der Waals surface area contributed by atoms with Crippen LogP contribution in [0.25, 0.3) is 6.08 Å². The molecule has 0 aliphatic carbocycles. The number of carboxylic acid groups (broad SMARTS) is 1. The first-order chi connectivity index (χ1) is 8.17. The van der Waals surface area contributed by atoms with Gasteiger partial charge in [-0.1, -0.05) is 18.9 Å². The van der Waals surface area contributed by atoms with Gasteiger partial charge in [-0.05, 0) is 35.8 Å². The van der Waals surface area contributed by atoms with Crippen LogP contribution in [-0.4, -0.2) is 17.7 Å². The first-order valence-electron chi connectivity index (χ1n) is 5.27. The number of ether oxygens (including phenoxy) is 1. The Kier molecular flexibility index (Phi) is 4.83. The molecule has 0 aromatic heterocycles. The van der Waals surface area contributed by atoms with Crippen molar-refractivity contribution in [2.45, 2.75) is 13.3 Å². The maximum absolute atomic E-state index is 10.4. The lowest BCUT2D eigenvalue weighted by Gasteiger charge is -2.08. The number of hydrogen-bond acceptors (Lipinski definition) is 2. The Bertz CT molecular complexity index is 467. The maximum atomic E-state index is 10.4. The van der Waals surface area contributed by atoms with Crippen molar-refractivity contribution in [3.8, 4) is 18.1 Å². The van der Waals surface area contributed by atoms with Gasteiger partial charge in [0.05, 0.1) is 0 Å². The molecule has 17 heavy (non-hydrogen) atoms. The van der Waals surface area contributed by atoms with Gasteiger partial charge < -0.3 is 9.84 Å². The molecule has 0 atom stereocenters. The summed E-state index contributed by atoms with van der Waals surface area (Å²) in [6, 6.07) is 5.49. The van der Waals surface area contributed by atoms with Crippen LogP contribution in [0.3, 0.4) is 0 Å². The molecule has 0 aliphatic rings. The SMILES string of the molecule is C#CCOc1ccc(/C=C/C(=O)O)cc1CC. The Morgan fingerprint density at radius 2 is 2.35 bits per heavy atom. The Morgan fingerprint density at radius 3 is 2.94 bits per heavy atom. The molecule has 0 radical (unpaired) electrons. The molecule has 1 N–H and O–H groups in total. The minimum absolute atomic E-state index is 0.233. The first kappa shape index (κ1) is 12.9. The van der Waals surface area contributed by atoms with Crippen LogP contribution in [0.2, 0.25) is 0 Å². The summed E-state index contributed by atoms with van der Waals surface area (Å²) in [7, 11) is 0. The number of benzene rings is 1.